The van der Waals surface area contributed by atoms with Crippen molar-refractivity contribution in [2.45, 2.75) is 20.1 Å². The van der Waals surface area contributed by atoms with E-state index in [1.807, 2.05) is 13.8 Å². The highest BCUT2D eigenvalue weighted by molar-refractivity contribution is 5.43. The monoisotopic (exact) mass is 210 g/mol. The Morgan fingerprint density at radius 3 is 2.73 bits per heavy atom. The second-order valence-corrected chi connectivity index (χ2v) is 3.26. The fourth-order valence-corrected chi connectivity index (χ4v) is 1.08. The van der Waals surface area contributed by atoms with Gasteiger partial charge in [0.2, 0.25) is 0 Å². The number of non-ortho nitro benzene ring substituents is 1. The zero-order valence-corrected chi connectivity index (χ0v) is 8.98. The van der Waals surface area contributed by atoms with Gasteiger partial charge in [0.05, 0.1) is 11.0 Å². The van der Waals surface area contributed by atoms with Crippen LogP contribution >= 0.6 is 0 Å². The zero-order chi connectivity index (χ0) is 11.4. The van der Waals surface area contributed by atoms with Crippen molar-refractivity contribution in [3.63, 3.8) is 0 Å². The molecule has 1 N–H and O–H groups in total. The lowest BCUT2D eigenvalue weighted by Crippen LogP contribution is -2.27. The first-order valence-corrected chi connectivity index (χ1v) is 4.63. The summed E-state index contributed by atoms with van der Waals surface area (Å²) in [5.41, 5.74) is 0.918. The molecule has 0 saturated heterocycles. The van der Waals surface area contributed by atoms with E-state index in [1.54, 1.807) is 13.1 Å². The molecule has 0 bridgehead atoms. The molecule has 0 saturated carbocycles. The number of nitro groups is 1. The molecule has 1 unspecified atom stereocenters. The van der Waals surface area contributed by atoms with E-state index in [1.165, 1.54) is 12.1 Å². The minimum absolute atomic E-state index is 0.0407. The first-order valence-electron chi connectivity index (χ1n) is 4.63. The number of nitrogens with one attached hydrogen (secondary N) is 1. The third-order valence-electron chi connectivity index (χ3n) is 2.09. The van der Waals surface area contributed by atoms with Crippen LogP contribution in [0.5, 0.6) is 5.75 Å². The van der Waals surface area contributed by atoms with Gasteiger partial charge in [-0.15, -0.1) is 0 Å². The highest BCUT2D eigenvalue weighted by atomic mass is 16.6. The molecular formula is C10H14N2O3. The lowest BCUT2D eigenvalue weighted by molar-refractivity contribution is -0.385. The van der Waals surface area contributed by atoms with Crippen molar-refractivity contribution in [2.75, 3.05) is 7.05 Å². The van der Waals surface area contributed by atoms with Crippen molar-refractivity contribution >= 4 is 5.69 Å². The van der Waals surface area contributed by atoms with E-state index in [2.05, 4.69) is 5.32 Å². The highest BCUT2D eigenvalue weighted by Gasteiger charge is 2.11. The van der Waals surface area contributed by atoms with Gasteiger partial charge in [-0.25, -0.2) is 0 Å². The molecular weight excluding hydrogens is 196 g/mol. The molecule has 5 nitrogen and oxygen atoms in total. The summed E-state index contributed by atoms with van der Waals surface area (Å²) in [7, 11) is 1.76. The molecule has 5 heteroatoms. The Hall–Kier alpha value is -1.62. The van der Waals surface area contributed by atoms with Gasteiger partial charge in [0.25, 0.3) is 5.69 Å². The van der Waals surface area contributed by atoms with E-state index in [4.69, 9.17) is 4.74 Å². The quantitative estimate of drug-likeness (QED) is 0.468. The largest absolute Gasteiger partial charge is 0.475 e. The number of hydrogen-bond donors (Lipinski definition) is 1. The van der Waals surface area contributed by atoms with Crippen molar-refractivity contribution in [3.8, 4) is 5.75 Å². The van der Waals surface area contributed by atoms with Crippen molar-refractivity contribution in [1.82, 2.24) is 5.32 Å². The summed E-state index contributed by atoms with van der Waals surface area (Å²) in [6.45, 7) is 3.68. The fourth-order valence-electron chi connectivity index (χ4n) is 1.08. The maximum Gasteiger partial charge on any atom is 0.273 e. The van der Waals surface area contributed by atoms with Crippen LogP contribution in [0.2, 0.25) is 0 Å². The normalized spacial score (nSPS) is 12.2. The SMILES string of the molecule is CNC(C)Oc1cc([N+](=O)[O-])ccc1C. The van der Waals surface area contributed by atoms with Gasteiger partial charge in [-0.3, -0.25) is 15.4 Å². The van der Waals surface area contributed by atoms with Gasteiger partial charge in [0.15, 0.2) is 0 Å². The summed E-state index contributed by atoms with van der Waals surface area (Å²) in [6.07, 6.45) is -0.175. The lowest BCUT2D eigenvalue weighted by Gasteiger charge is -2.14. The molecule has 0 radical (unpaired) electrons. The molecule has 0 amide bonds. The van der Waals surface area contributed by atoms with Gasteiger partial charge in [-0.1, -0.05) is 0 Å². The molecule has 0 aliphatic heterocycles. The Morgan fingerprint density at radius 2 is 2.20 bits per heavy atom. The van der Waals surface area contributed by atoms with E-state index in [0.717, 1.165) is 5.56 Å². The van der Waals surface area contributed by atoms with Crippen LogP contribution in [0.15, 0.2) is 18.2 Å². The zero-order valence-electron chi connectivity index (χ0n) is 8.98. The van der Waals surface area contributed by atoms with Gasteiger partial charge in [-0.05, 0) is 32.5 Å². The van der Waals surface area contributed by atoms with Crippen molar-refractivity contribution < 1.29 is 9.66 Å². The second-order valence-electron chi connectivity index (χ2n) is 3.26. The molecule has 0 spiro atoms. The van der Waals surface area contributed by atoms with Crippen LogP contribution in [0.3, 0.4) is 0 Å². The Bertz CT molecular complexity index is 366. The predicted molar refractivity (Wildman–Crippen MR) is 57.0 cm³/mol. The van der Waals surface area contributed by atoms with E-state index >= 15 is 0 Å². The molecule has 82 valence electrons. The number of aryl methyl sites for hydroxylation is 1. The smallest absolute Gasteiger partial charge is 0.273 e. The Balaban J connectivity index is 2.95. The van der Waals surface area contributed by atoms with Gasteiger partial charge in [0.1, 0.15) is 12.0 Å². The third-order valence-corrected chi connectivity index (χ3v) is 2.09. The molecule has 15 heavy (non-hydrogen) atoms. The number of benzene rings is 1. The summed E-state index contributed by atoms with van der Waals surface area (Å²) < 4.78 is 5.47. The summed E-state index contributed by atoms with van der Waals surface area (Å²) in [4.78, 5) is 10.1. The van der Waals surface area contributed by atoms with Crippen LogP contribution in [0.1, 0.15) is 12.5 Å². The van der Waals surface area contributed by atoms with Crippen molar-refractivity contribution in [2.24, 2.45) is 0 Å². The van der Waals surface area contributed by atoms with Crippen molar-refractivity contribution in [1.29, 1.82) is 0 Å². The van der Waals surface area contributed by atoms with E-state index in [9.17, 15) is 10.1 Å². The Labute approximate surface area is 88.2 Å². The molecule has 1 aromatic rings. The maximum atomic E-state index is 10.6. The standard InChI is InChI=1S/C10H14N2O3/c1-7-4-5-9(12(13)14)6-10(7)15-8(2)11-3/h4-6,8,11H,1-3H3. The average Bonchev–Trinajstić information content (AvgIpc) is 2.20. The Kier molecular flexibility index (Phi) is 3.62. The maximum absolute atomic E-state index is 10.6. The number of hydrogen-bond acceptors (Lipinski definition) is 4. The van der Waals surface area contributed by atoms with Crippen LogP contribution in [-0.2, 0) is 0 Å². The molecule has 0 aromatic heterocycles. The van der Waals surface area contributed by atoms with Crippen LogP contribution in [0, 0.1) is 17.0 Å². The van der Waals surface area contributed by atoms with Gasteiger partial charge < -0.3 is 4.74 Å². The van der Waals surface area contributed by atoms with E-state index < -0.39 is 4.92 Å². The second kappa shape index (κ2) is 4.75. The van der Waals surface area contributed by atoms with Crippen LogP contribution in [0.4, 0.5) is 5.69 Å². The van der Waals surface area contributed by atoms with Crippen molar-refractivity contribution in [3.05, 3.63) is 33.9 Å². The molecule has 0 fully saturated rings. The summed E-state index contributed by atoms with van der Waals surface area (Å²) in [5.74, 6) is 0.533. The molecule has 0 aliphatic rings. The predicted octanol–water partition coefficient (Wildman–Crippen LogP) is 1.85. The highest BCUT2D eigenvalue weighted by Crippen LogP contribution is 2.24. The molecule has 1 rings (SSSR count). The first-order chi connectivity index (χ1) is 7.04. The molecule has 1 atom stereocenters. The first kappa shape index (κ1) is 11.5. The van der Waals surface area contributed by atoms with E-state index in [0.29, 0.717) is 5.75 Å². The van der Waals surface area contributed by atoms with Crippen LogP contribution in [0.25, 0.3) is 0 Å². The fraction of sp³-hybridized carbons (Fsp3) is 0.400. The van der Waals surface area contributed by atoms with Gasteiger partial charge in [0, 0.05) is 6.07 Å². The molecule has 0 aliphatic carbocycles. The van der Waals surface area contributed by atoms with Crippen LogP contribution < -0.4 is 10.1 Å². The minimum Gasteiger partial charge on any atom is -0.475 e. The topological polar surface area (TPSA) is 64.4 Å². The van der Waals surface area contributed by atoms with E-state index in [-0.39, 0.29) is 11.9 Å². The van der Waals surface area contributed by atoms with Gasteiger partial charge >= 0.3 is 0 Å². The summed E-state index contributed by atoms with van der Waals surface area (Å²) in [6, 6.07) is 4.57. The average molecular weight is 210 g/mol. The summed E-state index contributed by atoms with van der Waals surface area (Å²) >= 11 is 0. The number of nitro benzene ring substituents is 1. The number of ether oxygens (including phenoxy) is 1. The third kappa shape index (κ3) is 2.92. The molecule has 0 heterocycles. The minimum atomic E-state index is -0.434. The van der Waals surface area contributed by atoms with Gasteiger partial charge in [-0.2, -0.15) is 0 Å². The lowest BCUT2D eigenvalue weighted by atomic mass is 10.2. The molecule has 1 aromatic carbocycles. The Morgan fingerprint density at radius 1 is 1.53 bits per heavy atom. The number of nitrogens with zero attached hydrogens (tertiary/aromatic N) is 1. The van der Waals surface area contributed by atoms with Crippen LogP contribution in [-0.4, -0.2) is 18.2 Å². The number of rotatable bonds is 4. The summed E-state index contributed by atoms with van der Waals surface area (Å²) in [5, 5.41) is 13.5.